The molecule has 5 nitrogen and oxygen atoms in total. The van der Waals surface area contributed by atoms with Crippen molar-refractivity contribution >= 4 is 5.97 Å². The largest absolute Gasteiger partial charge is 0.477 e. The molecule has 1 atom stereocenters. The van der Waals surface area contributed by atoms with Crippen LogP contribution >= 0.6 is 0 Å². The van der Waals surface area contributed by atoms with Gasteiger partial charge in [-0.2, -0.15) is 0 Å². The van der Waals surface area contributed by atoms with E-state index in [0.29, 0.717) is 0 Å². The standard InChI is InChI=1S/C16H13N3O2/c20-16(21)14-10-17-11-19(14)15(12-6-2-1-3-7-12)13-8-4-5-9-18-13/h1-11,15H,(H,20,21). The first-order valence-corrected chi connectivity index (χ1v) is 6.48. The first-order chi connectivity index (χ1) is 10.3. The number of aromatic carboxylic acids is 1. The zero-order valence-corrected chi connectivity index (χ0v) is 11.1. The van der Waals surface area contributed by atoms with E-state index in [2.05, 4.69) is 9.97 Å². The summed E-state index contributed by atoms with van der Waals surface area (Å²) in [5, 5.41) is 9.32. The number of nitrogens with zero attached hydrogens (tertiary/aromatic N) is 3. The molecule has 104 valence electrons. The molecule has 0 spiro atoms. The molecule has 0 aliphatic heterocycles. The van der Waals surface area contributed by atoms with Crippen molar-refractivity contribution in [1.82, 2.24) is 14.5 Å². The first kappa shape index (κ1) is 13.1. The van der Waals surface area contributed by atoms with E-state index in [1.807, 2.05) is 48.5 Å². The molecule has 0 saturated carbocycles. The molecular weight excluding hydrogens is 266 g/mol. The number of carbonyl (C=O) groups is 1. The van der Waals surface area contributed by atoms with Gasteiger partial charge in [0.05, 0.1) is 18.2 Å². The predicted molar refractivity (Wildman–Crippen MR) is 77.1 cm³/mol. The molecule has 1 N–H and O–H groups in total. The van der Waals surface area contributed by atoms with Crippen molar-refractivity contribution in [2.75, 3.05) is 0 Å². The van der Waals surface area contributed by atoms with Crippen molar-refractivity contribution in [3.63, 3.8) is 0 Å². The van der Waals surface area contributed by atoms with Crippen molar-refractivity contribution in [1.29, 1.82) is 0 Å². The monoisotopic (exact) mass is 279 g/mol. The Morgan fingerprint density at radius 1 is 1.10 bits per heavy atom. The molecule has 1 unspecified atom stereocenters. The molecule has 2 aromatic heterocycles. The van der Waals surface area contributed by atoms with E-state index < -0.39 is 5.97 Å². The lowest BCUT2D eigenvalue weighted by molar-refractivity contribution is 0.0684. The minimum atomic E-state index is -1.01. The highest BCUT2D eigenvalue weighted by atomic mass is 16.4. The van der Waals surface area contributed by atoms with Crippen LogP contribution in [0.1, 0.15) is 27.8 Å². The van der Waals surface area contributed by atoms with E-state index in [-0.39, 0.29) is 11.7 Å². The van der Waals surface area contributed by atoms with Crippen LogP contribution in [0.2, 0.25) is 0 Å². The van der Waals surface area contributed by atoms with Crippen LogP contribution < -0.4 is 0 Å². The maximum absolute atomic E-state index is 11.4. The highest BCUT2D eigenvalue weighted by Crippen LogP contribution is 2.26. The van der Waals surface area contributed by atoms with Gasteiger partial charge in [-0.1, -0.05) is 36.4 Å². The third-order valence-corrected chi connectivity index (χ3v) is 3.25. The lowest BCUT2D eigenvalue weighted by Crippen LogP contribution is -2.17. The SMILES string of the molecule is O=C(O)c1cncn1C(c1ccccc1)c1ccccn1. The summed E-state index contributed by atoms with van der Waals surface area (Å²) in [6.45, 7) is 0. The molecule has 0 radical (unpaired) electrons. The molecule has 0 bridgehead atoms. The zero-order valence-electron chi connectivity index (χ0n) is 11.1. The van der Waals surface area contributed by atoms with Crippen LogP contribution in [0.3, 0.4) is 0 Å². The van der Waals surface area contributed by atoms with E-state index in [0.717, 1.165) is 11.3 Å². The molecule has 0 amide bonds. The number of benzene rings is 1. The summed E-state index contributed by atoms with van der Waals surface area (Å²) in [6, 6.07) is 14.9. The van der Waals surface area contributed by atoms with Gasteiger partial charge in [-0.15, -0.1) is 0 Å². The van der Waals surface area contributed by atoms with Gasteiger partial charge in [-0.3, -0.25) is 4.98 Å². The fraction of sp³-hybridized carbons (Fsp3) is 0.0625. The average Bonchev–Trinajstić information content (AvgIpc) is 2.99. The summed E-state index contributed by atoms with van der Waals surface area (Å²) in [7, 11) is 0. The second-order valence-corrected chi connectivity index (χ2v) is 4.56. The Morgan fingerprint density at radius 3 is 2.52 bits per heavy atom. The van der Waals surface area contributed by atoms with Crippen LogP contribution in [-0.4, -0.2) is 25.6 Å². The van der Waals surface area contributed by atoms with Crippen LogP contribution in [0.25, 0.3) is 0 Å². The van der Waals surface area contributed by atoms with Crippen LogP contribution in [0.4, 0.5) is 0 Å². The van der Waals surface area contributed by atoms with Gasteiger partial charge < -0.3 is 9.67 Å². The van der Waals surface area contributed by atoms with Gasteiger partial charge in [0.25, 0.3) is 0 Å². The third-order valence-electron chi connectivity index (χ3n) is 3.25. The van der Waals surface area contributed by atoms with Crippen molar-refractivity contribution in [3.05, 3.63) is 84.2 Å². The molecule has 0 aliphatic carbocycles. The number of pyridine rings is 1. The Hall–Kier alpha value is -2.95. The average molecular weight is 279 g/mol. The molecule has 1 aromatic carbocycles. The number of hydrogen-bond donors (Lipinski definition) is 1. The van der Waals surface area contributed by atoms with Gasteiger partial charge in [0.15, 0.2) is 0 Å². The number of carboxylic acid groups (broad SMARTS) is 1. The van der Waals surface area contributed by atoms with Gasteiger partial charge in [-0.25, -0.2) is 9.78 Å². The summed E-state index contributed by atoms with van der Waals surface area (Å²) in [6.07, 6.45) is 4.57. The summed E-state index contributed by atoms with van der Waals surface area (Å²) in [5.41, 5.74) is 1.86. The van der Waals surface area contributed by atoms with Crippen LogP contribution in [-0.2, 0) is 0 Å². The lowest BCUT2D eigenvalue weighted by atomic mass is 10.0. The van der Waals surface area contributed by atoms with Gasteiger partial charge in [-0.05, 0) is 17.7 Å². The highest BCUT2D eigenvalue weighted by molar-refractivity contribution is 5.85. The van der Waals surface area contributed by atoms with Crippen molar-refractivity contribution in [3.8, 4) is 0 Å². The predicted octanol–water partition coefficient (Wildman–Crippen LogP) is 2.61. The second-order valence-electron chi connectivity index (χ2n) is 4.56. The van der Waals surface area contributed by atoms with Crippen molar-refractivity contribution in [2.45, 2.75) is 6.04 Å². The lowest BCUT2D eigenvalue weighted by Gasteiger charge is -2.20. The minimum Gasteiger partial charge on any atom is -0.477 e. The summed E-state index contributed by atoms with van der Waals surface area (Å²) in [5.74, 6) is -1.01. The first-order valence-electron chi connectivity index (χ1n) is 6.48. The molecule has 2 heterocycles. The van der Waals surface area contributed by atoms with Crippen LogP contribution in [0.5, 0.6) is 0 Å². The van der Waals surface area contributed by atoms with Crippen molar-refractivity contribution < 1.29 is 9.90 Å². The Balaban J connectivity index is 2.18. The number of rotatable bonds is 4. The Morgan fingerprint density at radius 2 is 1.86 bits per heavy atom. The summed E-state index contributed by atoms with van der Waals surface area (Å²) >= 11 is 0. The van der Waals surface area contributed by atoms with Gasteiger partial charge in [0.1, 0.15) is 11.7 Å². The smallest absolute Gasteiger partial charge is 0.354 e. The molecule has 3 rings (SSSR count). The highest BCUT2D eigenvalue weighted by Gasteiger charge is 2.22. The maximum Gasteiger partial charge on any atom is 0.354 e. The van der Waals surface area contributed by atoms with Crippen LogP contribution in [0, 0.1) is 0 Å². The van der Waals surface area contributed by atoms with Gasteiger partial charge in [0.2, 0.25) is 0 Å². The maximum atomic E-state index is 11.4. The number of imidazole rings is 1. The van der Waals surface area contributed by atoms with Gasteiger partial charge in [0, 0.05) is 6.20 Å². The molecule has 0 saturated heterocycles. The van der Waals surface area contributed by atoms with Gasteiger partial charge >= 0.3 is 5.97 Å². The summed E-state index contributed by atoms with van der Waals surface area (Å²) in [4.78, 5) is 19.7. The fourth-order valence-electron chi connectivity index (χ4n) is 2.32. The van der Waals surface area contributed by atoms with E-state index in [4.69, 9.17) is 0 Å². The third kappa shape index (κ3) is 2.53. The van der Waals surface area contributed by atoms with E-state index in [9.17, 15) is 9.90 Å². The molecule has 21 heavy (non-hydrogen) atoms. The zero-order chi connectivity index (χ0) is 14.7. The fourth-order valence-corrected chi connectivity index (χ4v) is 2.32. The Bertz CT molecular complexity index is 699. The normalized spacial score (nSPS) is 12.0. The molecular formula is C16H13N3O2. The number of aromatic nitrogens is 3. The van der Waals surface area contributed by atoms with E-state index in [1.54, 1.807) is 10.8 Å². The summed E-state index contributed by atoms with van der Waals surface area (Å²) < 4.78 is 1.62. The molecule has 5 heteroatoms. The van der Waals surface area contributed by atoms with E-state index >= 15 is 0 Å². The Labute approximate surface area is 121 Å². The van der Waals surface area contributed by atoms with Crippen molar-refractivity contribution in [2.24, 2.45) is 0 Å². The Kier molecular flexibility index (Phi) is 3.47. The topological polar surface area (TPSA) is 68.0 Å². The number of hydrogen-bond acceptors (Lipinski definition) is 3. The molecule has 0 fully saturated rings. The second kappa shape index (κ2) is 5.58. The quantitative estimate of drug-likeness (QED) is 0.797. The molecule has 0 aliphatic rings. The van der Waals surface area contributed by atoms with E-state index in [1.165, 1.54) is 12.5 Å². The van der Waals surface area contributed by atoms with Crippen LogP contribution in [0.15, 0.2) is 67.3 Å². The molecule has 3 aromatic rings. The minimum absolute atomic E-state index is 0.134. The number of carboxylic acids is 1.